The van der Waals surface area contributed by atoms with Crippen molar-refractivity contribution in [1.29, 1.82) is 0 Å². The maximum Gasteiger partial charge on any atom is 0.352 e. The van der Waals surface area contributed by atoms with Crippen LogP contribution >= 0.6 is 0 Å². The molecule has 5 heteroatoms. The van der Waals surface area contributed by atoms with Crippen LogP contribution in [0.4, 0.5) is 0 Å². The molecule has 5 nitrogen and oxygen atoms in total. The molecule has 0 unspecified atom stereocenters. The second kappa shape index (κ2) is 4.61. The molecule has 1 fully saturated rings. The lowest BCUT2D eigenvalue weighted by Crippen LogP contribution is -2.38. The molecule has 0 bridgehead atoms. The molecule has 1 heterocycles. The molecule has 0 amide bonds. The molecular weight excluding hydrogens is 174 g/mol. The fraction of sp³-hybridized carbons (Fsp3) is 0.500. The number of carbonyl (C=O) groups is 2. The van der Waals surface area contributed by atoms with Crippen molar-refractivity contribution >= 4 is 12.3 Å². The smallest absolute Gasteiger partial charge is 0.352 e. The van der Waals surface area contributed by atoms with Crippen molar-refractivity contribution in [3.8, 4) is 0 Å². The first-order valence-electron chi connectivity index (χ1n) is 3.97. The zero-order valence-corrected chi connectivity index (χ0v) is 7.10. The Morgan fingerprint density at radius 3 is 2.46 bits per heavy atom. The Kier molecular flexibility index (Phi) is 3.45. The van der Waals surface area contributed by atoms with Gasteiger partial charge in [-0.1, -0.05) is 0 Å². The number of allylic oxidation sites excluding steroid dienone is 1. The van der Waals surface area contributed by atoms with E-state index in [9.17, 15) is 9.59 Å². The minimum Gasteiger partial charge on any atom is -0.477 e. The van der Waals surface area contributed by atoms with Gasteiger partial charge in [-0.15, -0.1) is 0 Å². The zero-order chi connectivity index (χ0) is 9.68. The second-order valence-electron chi connectivity index (χ2n) is 2.59. The molecule has 0 aliphatic carbocycles. The largest absolute Gasteiger partial charge is 0.477 e. The highest BCUT2D eigenvalue weighted by molar-refractivity contribution is 5.90. The summed E-state index contributed by atoms with van der Waals surface area (Å²) in [5, 5.41) is 8.75. The summed E-state index contributed by atoms with van der Waals surface area (Å²) in [6.45, 7) is 2.05. The van der Waals surface area contributed by atoms with E-state index in [2.05, 4.69) is 0 Å². The highest BCUT2D eigenvalue weighted by atomic mass is 16.5. The summed E-state index contributed by atoms with van der Waals surface area (Å²) >= 11 is 0. The minimum atomic E-state index is -1.08. The molecule has 0 aromatic carbocycles. The SMILES string of the molecule is O=CC=C(C(=O)O)N1CCOCC1. The summed E-state index contributed by atoms with van der Waals surface area (Å²) in [6.07, 6.45) is 1.55. The molecule has 0 atom stereocenters. The Bertz CT molecular complexity index is 230. The van der Waals surface area contributed by atoms with E-state index in [-0.39, 0.29) is 5.70 Å². The number of aliphatic carboxylic acids is 1. The lowest BCUT2D eigenvalue weighted by molar-refractivity contribution is -0.135. The van der Waals surface area contributed by atoms with Crippen LogP contribution in [0.1, 0.15) is 0 Å². The first-order valence-corrected chi connectivity index (χ1v) is 3.97. The van der Waals surface area contributed by atoms with Crippen molar-refractivity contribution in [2.24, 2.45) is 0 Å². The van der Waals surface area contributed by atoms with Crippen molar-refractivity contribution < 1.29 is 19.4 Å². The van der Waals surface area contributed by atoms with Crippen LogP contribution in [0, 0.1) is 0 Å². The Labute approximate surface area is 75.6 Å². The minimum absolute atomic E-state index is 0.0401. The van der Waals surface area contributed by atoms with Crippen LogP contribution in [-0.4, -0.2) is 48.6 Å². The van der Waals surface area contributed by atoms with E-state index in [0.717, 1.165) is 6.08 Å². The number of hydrogen-bond donors (Lipinski definition) is 1. The van der Waals surface area contributed by atoms with Crippen LogP contribution in [0.2, 0.25) is 0 Å². The van der Waals surface area contributed by atoms with Crippen LogP contribution in [0.5, 0.6) is 0 Å². The fourth-order valence-electron chi connectivity index (χ4n) is 1.18. The van der Waals surface area contributed by atoms with Crippen LogP contribution in [0.25, 0.3) is 0 Å². The Morgan fingerprint density at radius 2 is 2.00 bits per heavy atom. The Hall–Kier alpha value is -1.36. The quantitative estimate of drug-likeness (QED) is 0.473. The van der Waals surface area contributed by atoms with E-state index in [0.29, 0.717) is 32.6 Å². The van der Waals surface area contributed by atoms with Crippen LogP contribution in [-0.2, 0) is 14.3 Å². The number of ether oxygens (including phenoxy) is 1. The molecule has 13 heavy (non-hydrogen) atoms. The number of carbonyl (C=O) groups excluding carboxylic acids is 1. The highest BCUT2D eigenvalue weighted by Crippen LogP contribution is 2.06. The Morgan fingerprint density at radius 1 is 1.38 bits per heavy atom. The molecule has 0 aromatic heterocycles. The van der Waals surface area contributed by atoms with Gasteiger partial charge in [0, 0.05) is 19.2 Å². The van der Waals surface area contributed by atoms with Gasteiger partial charge in [0.25, 0.3) is 0 Å². The maximum atomic E-state index is 10.7. The van der Waals surface area contributed by atoms with E-state index in [1.165, 1.54) is 0 Å². The summed E-state index contributed by atoms with van der Waals surface area (Å²) < 4.78 is 5.06. The van der Waals surface area contributed by atoms with Gasteiger partial charge in [0.15, 0.2) is 0 Å². The molecular formula is C8H11NO4. The summed E-state index contributed by atoms with van der Waals surface area (Å²) in [5.74, 6) is -1.08. The van der Waals surface area contributed by atoms with Crippen molar-refractivity contribution in [2.75, 3.05) is 26.3 Å². The standard InChI is InChI=1S/C8H11NO4/c10-4-1-7(8(11)12)9-2-5-13-6-3-9/h1,4H,2-3,5-6H2,(H,11,12). The third-order valence-corrected chi connectivity index (χ3v) is 1.80. The lowest BCUT2D eigenvalue weighted by Gasteiger charge is -2.28. The van der Waals surface area contributed by atoms with Gasteiger partial charge in [-0.3, -0.25) is 4.79 Å². The van der Waals surface area contributed by atoms with Gasteiger partial charge in [0.2, 0.25) is 0 Å². The monoisotopic (exact) mass is 185 g/mol. The lowest BCUT2D eigenvalue weighted by atomic mass is 10.3. The number of morpholine rings is 1. The van der Waals surface area contributed by atoms with Gasteiger partial charge in [-0.2, -0.15) is 0 Å². The van der Waals surface area contributed by atoms with Crippen molar-refractivity contribution in [3.63, 3.8) is 0 Å². The summed E-state index contributed by atoms with van der Waals surface area (Å²) in [7, 11) is 0. The van der Waals surface area contributed by atoms with E-state index in [1.54, 1.807) is 4.90 Å². The maximum absolute atomic E-state index is 10.7. The predicted molar refractivity (Wildman–Crippen MR) is 44.2 cm³/mol. The van der Waals surface area contributed by atoms with Gasteiger partial charge in [-0.25, -0.2) is 4.79 Å². The summed E-state index contributed by atoms with van der Waals surface area (Å²) in [4.78, 5) is 22.5. The summed E-state index contributed by atoms with van der Waals surface area (Å²) in [6, 6.07) is 0. The van der Waals surface area contributed by atoms with Gasteiger partial charge in [-0.05, 0) is 0 Å². The van der Waals surface area contributed by atoms with Crippen molar-refractivity contribution in [1.82, 2.24) is 4.90 Å². The molecule has 1 aliphatic rings. The first kappa shape index (κ1) is 9.73. The van der Waals surface area contributed by atoms with E-state index in [4.69, 9.17) is 9.84 Å². The average molecular weight is 185 g/mol. The topological polar surface area (TPSA) is 66.8 Å². The highest BCUT2D eigenvalue weighted by Gasteiger charge is 2.18. The normalized spacial score (nSPS) is 18.5. The van der Waals surface area contributed by atoms with Gasteiger partial charge >= 0.3 is 5.97 Å². The fourth-order valence-corrected chi connectivity index (χ4v) is 1.18. The molecule has 1 rings (SSSR count). The zero-order valence-electron chi connectivity index (χ0n) is 7.10. The van der Waals surface area contributed by atoms with Crippen molar-refractivity contribution in [2.45, 2.75) is 0 Å². The van der Waals surface area contributed by atoms with Crippen molar-refractivity contribution in [3.05, 3.63) is 11.8 Å². The number of aldehydes is 1. The van der Waals surface area contributed by atoms with Gasteiger partial charge in [0.1, 0.15) is 12.0 Å². The molecule has 1 saturated heterocycles. The molecule has 1 aliphatic heterocycles. The third-order valence-electron chi connectivity index (χ3n) is 1.80. The first-order chi connectivity index (χ1) is 6.25. The number of carboxylic acids is 1. The third kappa shape index (κ3) is 2.55. The van der Waals surface area contributed by atoms with Gasteiger partial charge < -0.3 is 14.7 Å². The number of carboxylic acid groups (broad SMARTS) is 1. The van der Waals surface area contributed by atoms with E-state index >= 15 is 0 Å². The molecule has 0 aromatic rings. The number of hydrogen-bond acceptors (Lipinski definition) is 4. The summed E-state index contributed by atoms with van der Waals surface area (Å²) in [5.41, 5.74) is 0.0401. The molecule has 0 saturated carbocycles. The number of nitrogens with zero attached hydrogens (tertiary/aromatic N) is 1. The predicted octanol–water partition coefficient (Wildman–Crippen LogP) is -0.514. The van der Waals surface area contributed by atoms with E-state index in [1.807, 2.05) is 0 Å². The molecule has 1 N–H and O–H groups in total. The van der Waals surface area contributed by atoms with Crippen LogP contribution in [0.3, 0.4) is 0 Å². The molecule has 0 spiro atoms. The average Bonchev–Trinajstić information content (AvgIpc) is 2.15. The van der Waals surface area contributed by atoms with Gasteiger partial charge in [0.05, 0.1) is 13.2 Å². The second-order valence-corrected chi connectivity index (χ2v) is 2.59. The molecule has 0 radical (unpaired) electrons. The number of rotatable bonds is 3. The Balaban J connectivity index is 2.68. The molecule has 72 valence electrons. The van der Waals surface area contributed by atoms with E-state index < -0.39 is 5.97 Å². The van der Waals surface area contributed by atoms with Crippen LogP contribution in [0.15, 0.2) is 11.8 Å². The van der Waals surface area contributed by atoms with Crippen LogP contribution < -0.4 is 0 Å².